The lowest BCUT2D eigenvalue weighted by molar-refractivity contribution is 0.149. The summed E-state index contributed by atoms with van der Waals surface area (Å²) < 4.78 is 10.5. The first-order chi connectivity index (χ1) is 8.17. The van der Waals surface area contributed by atoms with Crippen LogP contribution in [-0.2, 0) is 17.6 Å². The Balaban J connectivity index is 2.44. The van der Waals surface area contributed by atoms with Crippen LogP contribution in [0.15, 0.2) is 4.52 Å². The van der Waals surface area contributed by atoms with Crippen molar-refractivity contribution in [2.24, 2.45) is 5.92 Å². The standard InChI is InChI=1S/C12H23N3O2/c1-5-16-7-6-11-14-12(17-15-11)8-10(13-4)9(2)3/h9-10,13H,5-8H2,1-4H3. The van der Waals surface area contributed by atoms with E-state index < -0.39 is 0 Å². The van der Waals surface area contributed by atoms with Gasteiger partial charge in [-0.05, 0) is 19.9 Å². The van der Waals surface area contributed by atoms with E-state index in [9.17, 15) is 0 Å². The number of likely N-dealkylation sites (N-methyl/N-ethyl adjacent to an activating group) is 1. The number of hydrogen-bond donors (Lipinski definition) is 1. The normalized spacial score (nSPS) is 13.2. The molecule has 0 bridgehead atoms. The highest BCUT2D eigenvalue weighted by atomic mass is 16.5. The van der Waals surface area contributed by atoms with Gasteiger partial charge < -0.3 is 14.6 Å². The Morgan fingerprint density at radius 1 is 1.41 bits per heavy atom. The third-order valence-electron chi connectivity index (χ3n) is 2.75. The van der Waals surface area contributed by atoms with Crippen LogP contribution in [-0.4, -0.2) is 36.4 Å². The van der Waals surface area contributed by atoms with E-state index in [0.717, 1.165) is 18.9 Å². The molecule has 0 aliphatic rings. The Hall–Kier alpha value is -0.940. The Labute approximate surface area is 103 Å². The van der Waals surface area contributed by atoms with Crippen LogP contribution in [0.25, 0.3) is 0 Å². The van der Waals surface area contributed by atoms with E-state index in [0.29, 0.717) is 30.9 Å². The minimum Gasteiger partial charge on any atom is -0.381 e. The first-order valence-corrected chi connectivity index (χ1v) is 6.23. The average molecular weight is 241 g/mol. The van der Waals surface area contributed by atoms with Crippen molar-refractivity contribution in [2.75, 3.05) is 20.3 Å². The molecule has 0 spiro atoms. The molecule has 1 heterocycles. The first kappa shape index (κ1) is 14.1. The molecular weight excluding hydrogens is 218 g/mol. The van der Waals surface area contributed by atoms with Gasteiger partial charge in [0.25, 0.3) is 0 Å². The second kappa shape index (κ2) is 7.40. The van der Waals surface area contributed by atoms with Crippen molar-refractivity contribution in [1.29, 1.82) is 0 Å². The second-order valence-corrected chi connectivity index (χ2v) is 4.39. The fourth-order valence-corrected chi connectivity index (χ4v) is 1.64. The van der Waals surface area contributed by atoms with E-state index in [1.807, 2.05) is 14.0 Å². The quantitative estimate of drug-likeness (QED) is 0.698. The maximum absolute atomic E-state index is 5.25. The third-order valence-corrected chi connectivity index (χ3v) is 2.75. The van der Waals surface area contributed by atoms with Crippen LogP contribution in [0.1, 0.15) is 32.5 Å². The number of aromatic nitrogens is 2. The largest absolute Gasteiger partial charge is 0.381 e. The fourth-order valence-electron chi connectivity index (χ4n) is 1.64. The number of hydrogen-bond acceptors (Lipinski definition) is 5. The van der Waals surface area contributed by atoms with E-state index >= 15 is 0 Å². The second-order valence-electron chi connectivity index (χ2n) is 4.39. The Bertz CT molecular complexity index is 312. The molecule has 1 rings (SSSR count). The maximum atomic E-state index is 5.25. The number of nitrogens with zero attached hydrogens (tertiary/aromatic N) is 2. The molecule has 1 unspecified atom stereocenters. The highest BCUT2D eigenvalue weighted by molar-refractivity contribution is 4.90. The summed E-state index contributed by atoms with van der Waals surface area (Å²) in [5.41, 5.74) is 0. The number of ether oxygens (including phenoxy) is 1. The van der Waals surface area contributed by atoms with Crippen LogP contribution in [0, 0.1) is 5.92 Å². The molecule has 0 fully saturated rings. The van der Waals surface area contributed by atoms with Crippen LogP contribution in [0.4, 0.5) is 0 Å². The van der Waals surface area contributed by atoms with Gasteiger partial charge in [-0.1, -0.05) is 19.0 Å². The molecule has 5 nitrogen and oxygen atoms in total. The Kier molecular flexibility index (Phi) is 6.15. The van der Waals surface area contributed by atoms with Crippen molar-refractivity contribution >= 4 is 0 Å². The SMILES string of the molecule is CCOCCc1noc(CC(NC)C(C)C)n1. The monoisotopic (exact) mass is 241 g/mol. The molecule has 1 N–H and O–H groups in total. The van der Waals surface area contributed by atoms with Gasteiger partial charge in [0.1, 0.15) is 0 Å². The lowest BCUT2D eigenvalue weighted by Crippen LogP contribution is -2.32. The van der Waals surface area contributed by atoms with Gasteiger partial charge in [-0.25, -0.2) is 0 Å². The van der Waals surface area contributed by atoms with Crippen LogP contribution < -0.4 is 5.32 Å². The van der Waals surface area contributed by atoms with Gasteiger partial charge in [0, 0.05) is 25.5 Å². The molecule has 0 aromatic carbocycles. The highest BCUT2D eigenvalue weighted by Crippen LogP contribution is 2.08. The summed E-state index contributed by atoms with van der Waals surface area (Å²) in [5, 5.41) is 7.20. The minimum absolute atomic E-state index is 0.371. The Morgan fingerprint density at radius 2 is 2.18 bits per heavy atom. The van der Waals surface area contributed by atoms with Crippen LogP contribution in [0.3, 0.4) is 0 Å². The van der Waals surface area contributed by atoms with Crippen LogP contribution in [0.5, 0.6) is 0 Å². The van der Waals surface area contributed by atoms with Crippen LogP contribution in [0.2, 0.25) is 0 Å². The molecule has 5 heteroatoms. The average Bonchev–Trinajstić information content (AvgIpc) is 2.74. The molecule has 0 saturated heterocycles. The van der Waals surface area contributed by atoms with Crippen molar-refractivity contribution in [2.45, 2.75) is 39.7 Å². The van der Waals surface area contributed by atoms with E-state index in [4.69, 9.17) is 9.26 Å². The van der Waals surface area contributed by atoms with Crippen molar-refractivity contribution in [3.8, 4) is 0 Å². The van der Waals surface area contributed by atoms with Crippen molar-refractivity contribution in [3.63, 3.8) is 0 Å². The number of nitrogens with one attached hydrogen (secondary N) is 1. The van der Waals surface area contributed by atoms with Gasteiger partial charge in [-0.15, -0.1) is 0 Å². The molecule has 0 radical (unpaired) electrons. The topological polar surface area (TPSA) is 60.2 Å². The zero-order valence-electron chi connectivity index (χ0n) is 11.2. The lowest BCUT2D eigenvalue weighted by Gasteiger charge is -2.17. The summed E-state index contributed by atoms with van der Waals surface area (Å²) in [6.45, 7) is 7.69. The zero-order valence-corrected chi connectivity index (χ0v) is 11.2. The summed E-state index contributed by atoms with van der Waals surface area (Å²) in [4.78, 5) is 4.35. The van der Waals surface area contributed by atoms with Crippen molar-refractivity contribution in [3.05, 3.63) is 11.7 Å². The molecule has 17 heavy (non-hydrogen) atoms. The summed E-state index contributed by atoms with van der Waals surface area (Å²) in [5.74, 6) is 1.97. The van der Waals surface area contributed by atoms with E-state index in [2.05, 4.69) is 29.3 Å². The smallest absolute Gasteiger partial charge is 0.228 e. The predicted molar refractivity (Wildman–Crippen MR) is 65.9 cm³/mol. The molecule has 98 valence electrons. The van der Waals surface area contributed by atoms with Gasteiger partial charge in [0.2, 0.25) is 5.89 Å². The highest BCUT2D eigenvalue weighted by Gasteiger charge is 2.15. The van der Waals surface area contributed by atoms with E-state index in [-0.39, 0.29) is 0 Å². The zero-order chi connectivity index (χ0) is 12.7. The maximum Gasteiger partial charge on any atom is 0.228 e. The van der Waals surface area contributed by atoms with Gasteiger partial charge >= 0.3 is 0 Å². The molecule has 1 aromatic rings. The molecule has 0 aliphatic carbocycles. The van der Waals surface area contributed by atoms with Crippen molar-refractivity contribution < 1.29 is 9.26 Å². The molecule has 1 aromatic heterocycles. The Morgan fingerprint density at radius 3 is 2.76 bits per heavy atom. The predicted octanol–water partition coefficient (Wildman–Crippen LogP) is 1.44. The molecule has 0 saturated carbocycles. The van der Waals surface area contributed by atoms with E-state index in [1.165, 1.54) is 0 Å². The van der Waals surface area contributed by atoms with Crippen LogP contribution >= 0.6 is 0 Å². The summed E-state index contributed by atoms with van der Waals surface area (Å²) in [7, 11) is 1.96. The van der Waals surface area contributed by atoms with Gasteiger partial charge in [0.05, 0.1) is 6.61 Å². The third kappa shape index (κ3) is 4.83. The summed E-state index contributed by atoms with van der Waals surface area (Å²) in [6.07, 6.45) is 1.49. The van der Waals surface area contributed by atoms with Gasteiger partial charge in [0.15, 0.2) is 5.82 Å². The van der Waals surface area contributed by atoms with Gasteiger partial charge in [-0.2, -0.15) is 4.98 Å². The minimum atomic E-state index is 0.371. The molecule has 0 amide bonds. The molecular formula is C12H23N3O2. The molecule has 0 aliphatic heterocycles. The lowest BCUT2D eigenvalue weighted by atomic mass is 10.0. The van der Waals surface area contributed by atoms with Crippen molar-refractivity contribution in [1.82, 2.24) is 15.5 Å². The van der Waals surface area contributed by atoms with E-state index in [1.54, 1.807) is 0 Å². The fraction of sp³-hybridized carbons (Fsp3) is 0.833. The number of rotatable bonds is 8. The first-order valence-electron chi connectivity index (χ1n) is 6.23. The summed E-state index contributed by atoms with van der Waals surface area (Å²) in [6, 6.07) is 0.371. The summed E-state index contributed by atoms with van der Waals surface area (Å²) >= 11 is 0. The van der Waals surface area contributed by atoms with Gasteiger partial charge in [-0.3, -0.25) is 0 Å². The molecule has 1 atom stereocenters.